The number of pyridine rings is 1. The fourth-order valence-electron chi connectivity index (χ4n) is 4.24. The Balaban J connectivity index is 1.82. The van der Waals surface area contributed by atoms with E-state index in [0.717, 1.165) is 60.5 Å². The van der Waals surface area contributed by atoms with E-state index in [9.17, 15) is 14.4 Å². The van der Waals surface area contributed by atoms with Crippen molar-refractivity contribution in [3.63, 3.8) is 0 Å². The Morgan fingerprint density at radius 2 is 1.69 bits per heavy atom. The lowest BCUT2D eigenvalue weighted by Crippen LogP contribution is -2.48. The van der Waals surface area contributed by atoms with Gasteiger partial charge in [0.15, 0.2) is 0 Å². The topological polar surface area (TPSA) is 80.4 Å². The molecule has 29 heavy (non-hydrogen) atoms. The molecular weight excluding hydrogens is 370 g/mol. The average Bonchev–Trinajstić information content (AvgIpc) is 2.70. The van der Waals surface area contributed by atoms with Crippen LogP contribution in [-0.4, -0.2) is 62.5 Å². The summed E-state index contributed by atoms with van der Waals surface area (Å²) in [5.41, 5.74) is 2.16. The van der Waals surface area contributed by atoms with Gasteiger partial charge < -0.3 is 4.90 Å². The first kappa shape index (κ1) is 21.2. The Kier molecular flexibility index (Phi) is 6.21. The van der Waals surface area contributed by atoms with Crippen molar-refractivity contribution in [2.24, 2.45) is 14.1 Å². The van der Waals surface area contributed by atoms with E-state index in [-0.39, 0.29) is 17.2 Å². The molecule has 1 saturated heterocycles. The standard InChI is InChI=1S/C21H31N5O3/c1-6-9-25-10-12-26(13-11-25)17(27)8-7-16-14(2)18-19(22-15(16)3)23(4)21(29)24(5)20(18)28/h6-13H2,1-5H3. The third-order valence-corrected chi connectivity index (χ3v) is 6.03. The minimum atomic E-state index is -0.390. The molecule has 8 heteroatoms. The maximum atomic E-state index is 12.7. The number of hydrogen-bond donors (Lipinski definition) is 0. The van der Waals surface area contributed by atoms with Gasteiger partial charge in [-0.25, -0.2) is 9.78 Å². The molecule has 1 aliphatic rings. The maximum absolute atomic E-state index is 12.7. The second kappa shape index (κ2) is 8.49. The van der Waals surface area contributed by atoms with Crippen molar-refractivity contribution in [3.05, 3.63) is 37.7 Å². The van der Waals surface area contributed by atoms with E-state index in [2.05, 4.69) is 16.8 Å². The van der Waals surface area contributed by atoms with Crippen LogP contribution in [0.15, 0.2) is 9.59 Å². The fourth-order valence-corrected chi connectivity index (χ4v) is 4.24. The normalized spacial score (nSPS) is 15.3. The van der Waals surface area contributed by atoms with Crippen molar-refractivity contribution in [2.75, 3.05) is 32.7 Å². The third-order valence-electron chi connectivity index (χ3n) is 6.03. The summed E-state index contributed by atoms with van der Waals surface area (Å²) in [5.74, 6) is 0.147. The summed E-state index contributed by atoms with van der Waals surface area (Å²) in [6, 6.07) is 0. The van der Waals surface area contributed by atoms with Crippen LogP contribution in [0.1, 0.15) is 36.6 Å². The maximum Gasteiger partial charge on any atom is 0.332 e. The largest absolute Gasteiger partial charge is 0.340 e. The highest BCUT2D eigenvalue weighted by Gasteiger charge is 2.22. The van der Waals surface area contributed by atoms with E-state index in [1.54, 1.807) is 7.05 Å². The van der Waals surface area contributed by atoms with Gasteiger partial charge >= 0.3 is 5.69 Å². The van der Waals surface area contributed by atoms with Crippen molar-refractivity contribution < 1.29 is 4.79 Å². The zero-order valence-electron chi connectivity index (χ0n) is 18.1. The van der Waals surface area contributed by atoms with Crippen molar-refractivity contribution >= 4 is 16.9 Å². The molecule has 0 radical (unpaired) electrons. The second-order valence-electron chi connectivity index (χ2n) is 7.93. The molecule has 0 aliphatic carbocycles. The summed E-state index contributed by atoms with van der Waals surface area (Å²) < 4.78 is 2.51. The molecule has 0 spiro atoms. The average molecular weight is 402 g/mol. The number of rotatable bonds is 5. The molecule has 158 valence electrons. The first-order valence-corrected chi connectivity index (χ1v) is 10.3. The van der Waals surface area contributed by atoms with Crippen LogP contribution in [0.3, 0.4) is 0 Å². The van der Waals surface area contributed by atoms with Gasteiger partial charge in [-0.1, -0.05) is 6.92 Å². The lowest BCUT2D eigenvalue weighted by molar-refractivity contribution is -0.132. The van der Waals surface area contributed by atoms with E-state index >= 15 is 0 Å². The smallest absolute Gasteiger partial charge is 0.332 e. The Morgan fingerprint density at radius 3 is 2.31 bits per heavy atom. The van der Waals surface area contributed by atoms with E-state index in [1.807, 2.05) is 18.7 Å². The summed E-state index contributed by atoms with van der Waals surface area (Å²) in [6.07, 6.45) is 2.07. The van der Waals surface area contributed by atoms with Crippen molar-refractivity contribution in [3.8, 4) is 0 Å². The first-order chi connectivity index (χ1) is 13.8. The highest BCUT2D eigenvalue weighted by Crippen LogP contribution is 2.21. The van der Waals surface area contributed by atoms with Gasteiger partial charge in [-0.3, -0.25) is 23.6 Å². The number of nitrogens with zero attached hydrogens (tertiary/aromatic N) is 5. The Labute approximate surface area is 170 Å². The minimum Gasteiger partial charge on any atom is -0.340 e. The molecular formula is C21H31N5O3. The summed E-state index contributed by atoms with van der Waals surface area (Å²) in [6.45, 7) is 10.4. The van der Waals surface area contributed by atoms with Crippen LogP contribution in [0.4, 0.5) is 0 Å². The zero-order chi connectivity index (χ0) is 21.3. The molecule has 2 aromatic rings. The van der Waals surface area contributed by atoms with Gasteiger partial charge in [0.05, 0.1) is 5.39 Å². The molecule has 0 saturated carbocycles. The molecule has 1 fully saturated rings. The van der Waals surface area contributed by atoms with Gasteiger partial charge in [-0.05, 0) is 44.4 Å². The van der Waals surface area contributed by atoms with Gasteiger partial charge in [0.2, 0.25) is 5.91 Å². The van der Waals surface area contributed by atoms with Gasteiger partial charge in [0, 0.05) is 52.4 Å². The van der Waals surface area contributed by atoms with Crippen molar-refractivity contribution in [2.45, 2.75) is 40.0 Å². The number of amides is 1. The highest BCUT2D eigenvalue weighted by molar-refractivity contribution is 5.81. The van der Waals surface area contributed by atoms with Crippen LogP contribution in [-0.2, 0) is 25.3 Å². The third kappa shape index (κ3) is 3.99. The molecule has 0 atom stereocenters. The summed E-state index contributed by atoms with van der Waals surface area (Å²) in [4.78, 5) is 46.5. The van der Waals surface area contributed by atoms with E-state index in [4.69, 9.17) is 0 Å². The predicted molar refractivity (Wildman–Crippen MR) is 113 cm³/mol. The van der Waals surface area contributed by atoms with Gasteiger partial charge in [0.25, 0.3) is 5.56 Å². The van der Waals surface area contributed by atoms with Crippen LogP contribution >= 0.6 is 0 Å². The summed E-state index contributed by atoms with van der Waals surface area (Å²) >= 11 is 0. The van der Waals surface area contributed by atoms with Gasteiger partial charge in [-0.15, -0.1) is 0 Å². The second-order valence-corrected chi connectivity index (χ2v) is 7.93. The van der Waals surface area contributed by atoms with Gasteiger partial charge in [-0.2, -0.15) is 0 Å². The van der Waals surface area contributed by atoms with Crippen molar-refractivity contribution in [1.82, 2.24) is 23.9 Å². The SMILES string of the molecule is CCCN1CCN(C(=O)CCc2c(C)nc3c(c2C)c(=O)n(C)c(=O)n3C)CC1. The quantitative estimate of drug-likeness (QED) is 0.738. The molecule has 2 aromatic heterocycles. The number of aryl methyl sites for hydroxylation is 3. The molecule has 0 bridgehead atoms. The van der Waals surface area contributed by atoms with E-state index < -0.39 is 0 Å². The molecule has 3 rings (SSSR count). The predicted octanol–water partition coefficient (Wildman–Crippen LogP) is 0.736. The van der Waals surface area contributed by atoms with Crippen LogP contribution < -0.4 is 11.2 Å². The van der Waals surface area contributed by atoms with Crippen molar-refractivity contribution in [1.29, 1.82) is 0 Å². The molecule has 0 N–H and O–H groups in total. The Hall–Kier alpha value is -2.48. The number of carbonyl (C=O) groups is 1. The lowest BCUT2D eigenvalue weighted by atomic mass is 9.99. The number of aromatic nitrogens is 3. The minimum absolute atomic E-state index is 0.147. The molecule has 3 heterocycles. The number of carbonyl (C=O) groups excluding carboxylic acids is 1. The van der Waals surface area contributed by atoms with Gasteiger partial charge in [0.1, 0.15) is 5.65 Å². The fraction of sp³-hybridized carbons (Fsp3) is 0.619. The summed E-state index contributed by atoms with van der Waals surface area (Å²) in [5, 5.41) is 0.454. The van der Waals surface area contributed by atoms with Crippen LogP contribution in [0.5, 0.6) is 0 Å². The molecule has 1 amide bonds. The molecule has 0 unspecified atom stereocenters. The molecule has 1 aliphatic heterocycles. The Morgan fingerprint density at radius 1 is 1.03 bits per heavy atom. The van der Waals surface area contributed by atoms with Crippen LogP contribution in [0, 0.1) is 13.8 Å². The molecule has 0 aromatic carbocycles. The van der Waals surface area contributed by atoms with Crippen LogP contribution in [0.2, 0.25) is 0 Å². The number of piperazine rings is 1. The first-order valence-electron chi connectivity index (χ1n) is 10.3. The summed E-state index contributed by atoms with van der Waals surface area (Å²) in [7, 11) is 3.10. The number of fused-ring (bicyclic) bond motifs is 1. The lowest BCUT2D eigenvalue weighted by Gasteiger charge is -2.34. The molecule has 8 nitrogen and oxygen atoms in total. The van der Waals surface area contributed by atoms with E-state index in [1.165, 1.54) is 11.6 Å². The highest BCUT2D eigenvalue weighted by atomic mass is 16.2. The van der Waals surface area contributed by atoms with E-state index in [0.29, 0.717) is 23.9 Å². The van der Waals surface area contributed by atoms with Crippen LogP contribution in [0.25, 0.3) is 11.0 Å². The number of hydrogen-bond acceptors (Lipinski definition) is 5. The monoisotopic (exact) mass is 401 g/mol. The zero-order valence-corrected chi connectivity index (χ0v) is 18.1. The Bertz CT molecular complexity index is 1050.